The predicted octanol–water partition coefficient (Wildman–Crippen LogP) is 4.49. The number of rotatable bonds is 8. The highest BCUT2D eigenvalue weighted by molar-refractivity contribution is 7.99. The monoisotopic (exact) mass is 626 g/mol. The molecule has 1 unspecified atom stereocenters. The van der Waals surface area contributed by atoms with Crippen LogP contribution in [0.5, 0.6) is 17.4 Å². The molecule has 4 aromatic rings. The standard InChI is InChI=1S/C33H38N8O3S/c1-6-42-29-27-25(22-10-8-7-9-11-22)26-28(34-32(38(2)3)36-30(26)45-31(27)37-33(35-29)39(4)5)41-16-14-40(15-17-41)19-21-12-13-23-24(18-21)44-20-43-23/h7-13,18,25H,6,14-17,19-20H2,1-5H3. The van der Waals surface area contributed by atoms with Gasteiger partial charge >= 0.3 is 0 Å². The van der Waals surface area contributed by atoms with Gasteiger partial charge in [0.25, 0.3) is 0 Å². The van der Waals surface area contributed by atoms with Gasteiger partial charge in [-0.15, -0.1) is 0 Å². The second-order valence-corrected chi connectivity index (χ2v) is 12.7. The quantitative estimate of drug-likeness (QED) is 0.227. The van der Waals surface area contributed by atoms with Crippen LogP contribution in [0.4, 0.5) is 17.7 Å². The molecule has 11 nitrogen and oxygen atoms in total. The zero-order chi connectivity index (χ0) is 31.1. The van der Waals surface area contributed by atoms with Gasteiger partial charge in [0.05, 0.1) is 12.2 Å². The minimum atomic E-state index is -0.187. The van der Waals surface area contributed by atoms with Crippen LogP contribution in [0.3, 0.4) is 0 Å². The largest absolute Gasteiger partial charge is 0.478 e. The fourth-order valence-corrected chi connectivity index (χ4v) is 7.09. The van der Waals surface area contributed by atoms with E-state index in [4.69, 9.17) is 34.1 Å². The molecule has 1 saturated heterocycles. The molecule has 3 aliphatic heterocycles. The molecule has 3 aliphatic rings. The Labute approximate surface area is 268 Å². The second-order valence-electron chi connectivity index (χ2n) is 11.7. The van der Waals surface area contributed by atoms with Crippen LogP contribution in [0, 0.1) is 0 Å². The van der Waals surface area contributed by atoms with Crippen molar-refractivity contribution in [3.05, 3.63) is 70.8 Å². The maximum atomic E-state index is 6.23. The van der Waals surface area contributed by atoms with Crippen LogP contribution in [-0.4, -0.2) is 92.6 Å². The highest BCUT2D eigenvalue weighted by Gasteiger charge is 2.39. The number of aromatic nitrogens is 4. The Morgan fingerprint density at radius 1 is 0.822 bits per heavy atom. The highest BCUT2D eigenvalue weighted by Crippen LogP contribution is 2.53. The van der Waals surface area contributed by atoms with Crippen molar-refractivity contribution in [2.24, 2.45) is 0 Å². The summed E-state index contributed by atoms with van der Waals surface area (Å²) in [6.07, 6.45) is 0. The molecule has 0 N–H and O–H groups in total. The number of fused-ring (bicyclic) bond motifs is 3. The molecule has 0 amide bonds. The average molecular weight is 627 g/mol. The SMILES string of the molecule is CCOc1nc(N(C)C)nc2c1C(c1ccccc1)c1c(nc(N(C)C)nc1N1CCN(Cc3ccc4c(c3)OCO4)CC1)S2. The number of piperazine rings is 1. The lowest BCUT2D eigenvalue weighted by Gasteiger charge is -2.39. The first-order valence-corrected chi connectivity index (χ1v) is 16.1. The van der Waals surface area contributed by atoms with Gasteiger partial charge in [0.1, 0.15) is 15.9 Å². The van der Waals surface area contributed by atoms with Gasteiger partial charge in [0, 0.05) is 72.4 Å². The first kappa shape index (κ1) is 29.4. The topological polar surface area (TPSA) is 92.2 Å². The molecule has 12 heteroatoms. The van der Waals surface area contributed by atoms with E-state index in [0.29, 0.717) is 24.4 Å². The molecule has 7 rings (SSSR count). The van der Waals surface area contributed by atoms with E-state index in [0.717, 1.165) is 76.8 Å². The van der Waals surface area contributed by atoms with Crippen molar-refractivity contribution in [3.63, 3.8) is 0 Å². The molecule has 0 radical (unpaired) electrons. The lowest BCUT2D eigenvalue weighted by atomic mass is 9.86. The van der Waals surface area contributed by atoms with E-state index in [-0.39, 0.29) is 12.7 Å². The molecule has 5 heterocycles. The maximum absolute atomic E-state index is 6.23. The van der Waals surface area contributed by atoms with Crippen molar-refractivity contribution >= 4 is 29.5 Å². The van der Waals surface area contributed by atoms with E-state index < -0.39 is 0 Å². The Morgan fingerprint density at radius 3 is 2.22 bits per heavy atom. The molecular formula is C33H38N8O3S. The van der Waals surface area contributed by atoms with Crippen LogP contribution in [0.15, 0.2) is 58.6 Å². The van der Waals surface area contributed by atoms with E-state index in [1.807, 2.05) is 57.0 Å². The molecule has 45 heavy (non-hydrogen) atoms. The number of benzene rings is 2. The van der Waals surface area contributed by atoms with Crippen LogP contribution in [-0.2, 0) is 6.54 Å². The molecule has 0 aliphatic carbocycles. The number of nitrogens with zero attached hydrogens (tertiary/aromatic N) is 8. The van der Waals surface area contributed by atoms with E-state index in [9.17, 15) is 0 Å². The van der Waals surface area contributed by atoms with E-state index in [1.54, 1.807) is 11.8 Å². The molecule has 0 saturated carbocycles. The average Bonchev–Trinajstić information content (AvgIpc) is 3.52. The molecule has 2 aromatic heterocycles. The van der Waals surface area contributed by atoms with Crippen molar-refractivity contribution in [1.29, 1.82) is 0 Å². The van der Waals surface area contributed by atoms with E-state index in [2.05, 4.69) is 46.2 Å². The van der Waals surface area contributed by atoms with Gasteiger partial charge in [-0.2, -0.15) is 9.97 Å². The summed E-state index contributed by atoms with van der Waals surface area (Å²) in [4.78, 5) is 29.0. The van der Waals surface area contributed by atoms with Gasteiger partial charge in [-0.3, -0.25) is 4.90 Å². The zero-order valence-electron chi connectivity index (χ0n) is 26.4. The third-order valence-corrected chi connectivity index (χ3v) is 9.25. The first-order valence-electron chi connectivity index (χ1n) is 15.3. The molecule has 2 aromatic carbocycles. The van der Waals surface area contributed by atoms with Crippen molar-refractivity contribution in [3.8, 4) is 17.4 Å². The lowest BCUT2D eigenvalue weighted by Crippen LogP contribution is -2.47. The smallest absolute Gasteiger partial charge is 0.231 e. The van der Waals surface area contributed by atoms with Gasteiger partial charge in [-0.25, -0.2) is 9.97 Å². The zero-order valence-corrected chi connectivity index (χ0v) is 27.2. The minimum Gasteiger partial charge on any atom is -0.478 e. The summed E-state index contributed by atoms with van der Waals surface area (Å²) in [6.45, 7) is 7.14. The fourth-order valence-electron chi connectivity index (χ4n) is 6.02. The van der Waals surface area contributed by atoms with Gasteiger partial charge in [0.2, 0.25) is 24.6 Å². The van der Waals surface area contributed by atoms with Crippen molar-refractivity contribution < 1.29 is 14.2 Å². The molecular weight excluding hydrogens is 588 g/mol. The number of anilines is 3. The molecule has 1 atom stereocenters. The summed E-state index contributed by atoms with van der Waals surface area (Å²) in [7, 11) is 7.88. The highest BCUT2D eigenvalue weighted by atomic mass is 32.2. The first-order chi connectivity index (χ1) is 21.9. The van der Waals surface area contributed by atoms with Crippen molar-refractivity contribution in [2.45, 2.75) is 29.4 Å². The minimum absolute atomic E-state index is 0.187. The maximum Gasteiger partial charge on any atom is 0.231 e. The second kappa shape index (κ2) is 12.2. The van der Waals surface area contributed by atoms with Crippen molar-refractivity contribution in [2.75, 3.05) is 82.5 Å². The normalized spacial score (nSPS) is 17.1. The summed E-state index contributed by atoms with van der Waals surface area (Å²) in [5.74, 6) is 4.31. The van der Waals surface area contributed by atoms with Gasteiger partial charge in [-0.1, -0.05) is 36.4 Å². The number of ether oxygens (including phenoxy) is 3. The molecule has 0 spiro atoms. The lowest BCUT2D eigenvalue weighted by molar-refractivity contribution is 0.174. The summed E-state index contributed by atoms with van der Waals surface area (Å²) in [5, 5.41) is 1.78. The third-order valence-electron chi connectivity index (χ3n) is 8.24. The summed E-state index contributed by atoms with van der Waals surface area (Å²) >= 11 is 1.58. The number of hydrogen-bond acceptors (Lipinski definition) is 12. The Bertz CT molecular complexity index is 1700. The van der Waals surface area contributed by atoms with Crippen LogP contribution < -0.4 is 28.9 Å². The Kier molecular flexibility index (Phi) is 8.01. The Morgan fingerprint density at radius 2 is 1.51 bits per heavy atom. The summed E-state index contributed by atoms with van der Waals surface area (Å²) in [6, 6.07) is 16.8. The van der Waals surface area contributed by atoms with Gasteiger partial charge in [-0.05, 0) is 41.9 Å². The third kappa shape index (κ3) is 5.68. The van der Waals surface area contributed by atoms with Gasteiger partial charge in [0.15, 0.2) is 11.5 Å². The van der Waals surface area contributed by atoms with Crippen LogP contribution in [0.1, 0.15) is 35.1 Å². The molecule has 0 bridgehead atoms. The van der Waals surface area contributed by atoms with Crippen LogP contribution >= 0.6 is 11.8 Å². The molecule has 1 fully saturated rings. The van der Waals surface area contributed by atoms with Crippen LogP contribution in [0.2, 0.25) is 0 Å². The fraction of sp³-hybridized carbons (Fsp3) is 0.394. The summed E-state index contributed by atoms with van der Waals surface area (Å²) < 4.78 is 17.3. The van der Waals surface area contributed by atoms with Crippen molar-refractivity contribution in [1.82, 2.24) is 24.8 Å². The Balaban J connectivity index is 1.27. The van der Waals surface area contributed by atoms with E-state index >= 15 is 0 Å². The summed E-state index contributed by atoms with van der Waals surface area (Å²) in [5.41, 5.74) is 4.40. The Hall–Kier alpha value is -4.29. The van der Waals surface area contributed by atoms with E-state index in [1.165, 1.54) is 5.56 Å². The molecule has 234 valence electrons. The number of hydrogen-bond donors (Lipinski definition) is 0. The van der Waals surface area contributed by atoms with Crippen LogP contribution in [0.25, 0.3) is 0 Å². The van der Waals surface area contributed by atoms with Gasteiger partial charge < -0.3 is 28.9 Å². The predicted molar refractivity (Wildman–Crippen MR) is 175 cm³/mol.